The van der Waals surface area contributed by atoms with E-state index < -0.39 is 0 Å². The van der Waals surface area contributed by atoms with Gasteiger partial charge in [0.05, 0.1) is 7.11 Å². The number of anilines is 1. The fraction of sp³-hybridized carbons (Fsp3) is 0.250. The molecule has 0 aromatic carbocycles. The molecule has 0 amide bonds. The Morgan fingerprint density at radius 3 is 2.68 bits per heavy atom. The zero-order valence-corrected chi connectivity index (χ0v) is 16.0. The lowest BCUT2D eigenvalue weighted by Crippen LogP contribution is -2.05. The number of methoxy groups -OCH3 is 1. The van der Waals surface area contributed by atoms with Crippen molar-refractivity contribution in [3.05, 3.63) is 54.7 Å². The maximum Gasteiger partial charge on any atom is 0.212 e. The van der Waals surface area contributed by atoms with Crippen LogP contribution in [0.5, 0.6) is 5.88 Å². The average Bonchev–Trinajstić information content (AvgIpc) is 3.13. The predicted octanol–water partition coefficient (Wildman–Crippen LogP) is 3.48. The van der Waals surface area contributed by atoms with Gasteiger partial charge in [0.25, 0.3) is 0 Å². The lowest BCUT2D eigenvalue weighted by atomic mass is 10.2. The first kappa shape index (κ1) is 17.8. The molecule has 4 aromatic rings. The standard InChI is InChI=1S/C20H21N7O/c1-13(2)27-19(15-6-7-16(28-3)22-11-15)26-17-18(24-12-25-20(17)27)23-10-14-5-4-8-21-9-14/h4-9,11-13H,10H2,1-3H3,(H,23,24,25). The van der Waals surface area contributed by atoms with Crippen LogP contribution in [0.4, 0.5) is 5.82 Å². The molecular weight excluding hydrogens is 354 g/mol. The highest BCUT2D eigenvalue weighted by Gasteiger charge is 2.19. The molecule has 0 aliphatic rings. The molecule has 0 fully saturated rings. The van der Waals surface area contributed by atoms with Crippen molar-refractivity contribution < 1.29 is 4.74 Å². The summed E-state index contributed by atoms with van der Waals surface area (Å²) in [4.78, 5) is 22.2. The van der Waals surface area contributed by atoms with E-state index in [9.17, 15) is 0 Å². The lowest BCUT2D eigenvalue weighted by Gasteiger charge is -2.12. The Kier molecular flexibility index (Phi) is 4.84. The minimum atomic E-state index is 0.170. The smallest absolute Gasteiger partial charge is 0.212 e. The van der Waals surface area contributed by atoms with E-state index in [0.717, 1.165) is 28.1 Å². The summed E-state index contributed by atoms with van der Waals surface area (Å²) < 4.78 is 7.25. The molecule has 0 aliphatic carbocycles. The number of aromatic nitrogens is 6. The van der Waals surface area contributed by atoms with E-state index in [0.29, 0.717) is 18.2 Å². The van der Waals surface area contributed by atoms with Crippen LogP contribution < -0.4 is 10.1 Å². The number of nitrogens with zero attached hydrogens (tertiary/aromatic N) is 6. The van der Waals surface area contributed by atoms with Crippen LogP contribution in [0, 0.1) is 0 Å². The largest absolute Gasteiger partial charge is 0.481 e. The van der Waals surface area contributed by atoms with E-state index in [1.54, 1.807) is 25.8 Å². The number of imidazole rings is 1. The highest BCUT2D eigenvalue weighted by atomic mass is 16.5. The van der Waals surface area contributed by atoms with Crippen molar-refractivity contribution in [2.24, 2.45) is 0 Å². The SMILES string of the molecule is COc1ccc(-c2nc3c(NCc4cccnc4)ncnc3n2C(C)C)cn1. The van der Waals surface area contributed by atoms with Crippen LogP contribution in [0.2, 0.25) is 0 Å². The number of hydrogen-bond acceptors (Lipinski definition) is 7. The molecule has 0 saturated carbocycles. The maximum absolute atomic E-state index is 5.16. The third kappa shape index (κ3) is 3.36. The van der Waals surface area contributed by atoms with Crippen LogP contribution in [-0.4, -0.2) is 36.6 Å². The van der Waals surface area contributed by atoms with E-state index in [-0.39, 0.29) is 6.04 Å². The number of fused-ring (bicyclic) bond motifs is 1. The van der Waals surface area contributed by atoms with Crippen LogP contribution in [0.25, 0.3) is 22.6 Å². The number of rotatable bonds is 6. The molecule has 0 saturated heterocycles. The van der Waals surface area contributed by atoms with Gasteiger partial charge in [-0.2, -0.15) is 0 Å². The minimum absolute atomic E-state index is 0.170. The second-order valence-corrected chi connectivity index (χ2v) is 6.60. The van der Waals surface area contributed by atoms with Gasteiger partial charge in [0.1, 0.15) is 12.2 Å². The van der Waals surface area contributed by atoms with Gasteiger partial charge < -0.3 is 14.6 Å². The summed E-state index contributed by atoms with van der Waals surface area (Å²) in [6.07, 6.45) is 6.90. The van der Waals surface area contributed by atoms with Crippen LogP contribution >= 0.6 is 0 Å². The first-order valence-corrected chi connectivity index (χ1v) is 9.03. The Morgan fingerprint density at radius 1 is 1.11 bits per heavy atom. The number of nitrogens with one attached hydrogen (secondary N) is 1. The van der Waals surface area contributed by atoms with Crippen molar-refractivity contribution in [2.45, 2.75) is 26.4 Å². The van der Waals surface area contributed by atoms with E-state index in [1.165, 1.54) is 0 Å². The summed E-state index contributed by atoms with van der Waals surface area (Å²) in [5, 5.41) is 3.35. The van der Waals surface area contributed by atoms with Crippen LogP contribution in [0.15, 0.2) is 49.2 Å². The van der Waals surface area contributed by atoms with Crippen molar-refractivity contribution in [1.82, 2.24) is 29.5 Å². The van der Waals surface area contributed by atoms with E-state index in [1.807, 2.05) is 30.5 Å². The summed E-state index contributed by atoms with van der Waals surface area (Å²) >= 11 is 0. The molecule has 0 bridgehead atoms. The molecule has 0 aliphatic heterocycles. The molecule has 4 aromatic heterocycles. The summed E-state index contributed by atoms with van der Waals surface area (Å²) in [5.41, 5.74) is 3.47. The molecule has 1 N–H and O–H groups in total. The third-order valence-electron chi connectivity index (χ3n) is 4.38. The Morgan fingerprint density at radius 2 is 2.00 bits per heavy atom. The second-order valence-electron chi connectivity index (χ2n) is 6.60. The molecular formula is C20H21N7O. The second kappa shape index (κ2) is 7.59. The topological polar surface area (TPSA) is 90.6 Å². The van der Waals surface area contributed by atoms with Gasteiger partial charge >= 0.3 is 0 Å². The molecule has 4 heterocycles. The van der Waals surface area contributed by atoms with Crippen molar-refractivity contribution >= 4 is 17.0 Å². The Labute approximate surface area is 162 Å². The van der Waals surface area contributed by atoms with E-state index >= 15 is 0 Å². The molecule has 28 heavy (non-hydrogen) atoms. The van der Waals surface area contributed by atoms with Crippen molar-refractivity contribution in [3.8, 4) is 17.3 Å². The summed E-state index contributed by atoms with van der Waals surface area (Å²) in [5.74, 6) is 2.05. The van der Waals surface area contributed by atoms with Crippen molar-refractivity contribution in [3.63, 3.8) is 0 Å². The Hall–Kier alpha value is -3.55. The predicted molar refractivity (Wildman–Crippen MR) is 107 cm³/mol. The van der Waals surface area contributed by atoms with Gasteiger partial charge in [-0.1, -0.05) is 6.07 Å². The highest BCUT2D eigenvalue weighted by Crippen LogP contribution is 2.30. The molecule has 142 valence electrons. The summed E-state index contributed by atoms with van der Waals surface area (Å²) in [6, 6.07) is 7.87. The third-order valence-corrected chi connectivity index (χ3v) is 4.38. The quantitative estimate of drug-likeness (QED) is 0.552. The van der Waals surface area contributed by atoms with Gasteiger partial charge in [0, 0.05) is 42.8 Å². The van der Waals surface area contributed by atoms with Gasteiger partial charge in [-0.3, -0.25) is 4.98 Å². The van der Waals surface area contributed by atoms with Crippen LogP contribution in [-0.2, 0) is 6.54 Å². The normalized spacial score (nSPS) is 11.1. The average molecular weight is 375 g/mol. The zero-order valence-electron chi connectivity index (χ0n) is 16.0. The first-order valence-electron chi connectivity index (χ1n) is 9.03. The van der Waals surface area contributed by atoms with Gasteiger partial charge in [0.2, 0.25) is 5.88 Å². The molecule has 0 radical (unpaired) electrons. The Balaban J connectivity index is 1.76. The van der Waals surface area contributed by atoms with Crippen molar-refractivity contribution in [1.29, 1.82) is 0 Å². The van der Waals surface area contributed by atoms with Gasteiger partial charge in [-0.15, -0.1) is 0 Å². The highest BCUT2D eigenvalue weighted by molar-refractivity contribution is 5.86. The summed E-state index contributed by atoms with van der Waals surface area (Å²) in [7, 11) is 1.60. The van der Waals surface area contributed by atoms with Gasteiger partial charge in [-0.25, -0.2) is 19.9 Å². The molecule has 0 atom stereocenters. The molecule has 8 heteroatoms. The van der Waals surface area contributed by atoms with Crippen LogP contribution in [0.3, 0.4) is 0 Å². The van der Waals surface area contributed by atoms with E-state index in [2.05, 4.69) is 43.7 Å². The fourth-order valence-electron chi connectivity index (χ4n) is 3.05. The fourth-order valence-corrected chi connectivity index (χ4v) is 3.05. The molecule has 0 spiro atoms. The monoisotopic (exact) mass is 375 g/mol. The van der Waals surface area contributed by atoms with Gasteiger partial charge in [0.15, 0.2) is 17.0 Å². The molecule has 4 rings (SSSR count). The lowest BCUT2D eigenvalue weighted by molar-refractivity contribution is 0.398. The number of pyridine rings is 2. The Bertz CT molecular complexity index is 1080. The van der Waals surface area contributed by atoms with E-state index in [4.69, 9.17) is 9.72 Å². The van der Waals surface area contributed by atoms with Gasteiger partial charge in [-0.05, 0) is 31.5 Å². The number of ether oxygens (including phenoxy) is 1. The van der Waals surface area contributed by atoms with Crippen LogP contribution in [0.1, 0.15) is 25.5 Å². The molecule has 0 unspecified atom stereocenters. The minimum Gasteiger partial charge on any atom is -0.481 e. The summed E-state index contributed by atoms with van der Waals surface area (Å²) in [6.45, 7) is 4.81. The number of hydrogen-bond donors (Lipinski definition) is 1. The zero-order chi connectivity index (χ0) is 19.5. The molecule has 8 nitrogen and oxygen atoms in total. The van der Waals surface area contributed by atoms with Crippen molar-refractivity contribution in [2.75, 3.05) is 12.4 Å². The maximum atomic E-state index is 5.16. The first-order chi connectivity index (χ1) is 13.7.